The first-order valence-corrected chi connectivity index (χ1v) is 7.25. The first kappa shape index (κ1) is 17.1. The maximum absolute atomic E-state index is 12.1. The molecule has 6 heteroatoms. The van der Waals surface area contributed by atoms with E-state index in [4.69, 9.17) is 28.9 Å². The van der Waals surface area contributed by atoms with Gasteiger partial charge in [0, 0.05) is 11.6 Å². The third-order valence-electron chi connectivity index (χ3n) is 2.90. The number of nitrogens with one attached hydrogen (secondary N) is 2. The molecule has 2 amide bonds. The van der Waals surface area contributed by atoms with Crippen LogP contribution in [0.25, 0.3) is 0 Å². The van der Waals surface area contributed by atoms with Crippen LogP contribution >= 0.6 is 23.2 Å². The highest BCUT2D eigenvalue weighted by Crippen LogP contribution is 2.25. The molecule has 1 aromatic rings. The minimum atomic E-state index is -0.455. The predicted octanol–water partition coefficient (Wildman–Crippen LogP) is 3.88. The molecule has 0 fully saturated rings. The van der Waals surface area contributed by atoms with E-state index in [0.29, 0.717) is 28.2 Å². The van der Waals surface area contributed by atoms with E-state index in [1.165, 1.54) is 0 Å². The lowest BCUT2D eigenvalue weighted by molar-refractivity contribution is 0.233. The van der Waals surface area contributed by atoms with E-state index >= 15 is 0 Å². The second kappa shape index (κ2) is 7.16. The van der Waals surface area contributed by atoms with Crippen LogP contribution in [0.2, 0.25) is 10.0 Å². The molecule has 0 bridgehead atoms. The molecule has 0 saturated heterocycles. The SMILES string of the molecule is CC(C)CC(C)(CN)NC(=O)Nc1cc(Cl)ccc1Cl. The summed E-state index contributed by atoms with van der Waals surface area (Å²) in [4.78, 5) is 12.1. The second-order valence-electron chi connectivity index (χ2n) is 5.57. The van der Waals surface area contributed by atoms with Crippen molar-refractivity contribution in [2.75, 3.05) is 11.9 Å². The molecule has 0 aliphatic rings. The van der Waals surface area contributed by atoms with Crippen molar-refractivity contribution < 1.29 is 4.79 Å². The summed E-state index contributed by atoms with van der Waals surface area (Å²) in [5.74, 6) is 0.429. The summed E-state index contributed by atoms with van der Waals surface area (Å²) in [7, 11) is 0. The lowest BCUT2D eigenvalue weighted by atomic mass is 9.91. The molecule has 4 N–H and O–H groups in total. The Labute approximate surface area is 130 Å². The second-order valence-corrected chi connectivity index (χ2v) is 6.41. The van der Waals surface area contributed by atoms with Gasteiger partial charge in [0.25, 0.3) is 0 Å². The van der Waals surface area contributed by atoms with E-state index in [1.807, 2.05) is 6.92 Å². The molecule has 20 heavy (non-hydrogen) atoms. The first-order chi connectivity index (χ1) is 9.25. The number of anilines is 1. The van der Waals surface area contributed by atoms with Crippen LogP contribution in [0.3, 0.4) is 0 Å². The zero-order chi connectivity index (χ0) is 15.3. The molecule has 1 aromatic carbocycles. The molecule has 112 valence electrons. The van der Waals surface area contributed by atoms with Crippen LogP contribution in [0.15, 0.2) is 18.2 Å². The van der Waals surface area contributed by atoms with Gasteiger partial charge in [-0.2, -0.15) is 0 Å². The average Bonchev–Trinajstić information content (AvgIpc) is 2.32. The predicted molar refractivity (Wildman–Crippen MR) is 85.5 cm³/mol. The molecule has 1 rings (SSSR count). The van der Waals surface area contributed by atoms with E-state index in [9.17, 15) is 4.79 Å². The van der Waals surface area contributed by atoms with Gasteiger partial charge in [-0.3, -0.25) is 0 Å². The summed E-state index contributed by atoms with van der Waals surface area (Å²) < 4.78 is 0. The van der Waals surface area contributed by atoms with Crippen LogP contribution in [0, 0.1) is 5.92 Å². The van der Waals surface area contributed by atoms with Crippen LogP contribution in [0.5, 0.6) is 0 Å². The maximum Gasteiger partial charge on any atom is 0.319 e. The summed E-state index contributed by atoms with van der Waals surface area (Å²) in [5.41, 5.74) is 5.78. The number of amides is 2. The van der Waals surface area contributed by atoms with Gasteiger partial charge in [0.15, 0.2) is 0 Å². The molecule has 0 spiro atoms. The van der Waals surface area contributed by atoms with Crippen molar-refractivity contribution in [3.63, 3.8) is 0 Å². The quantitative estimate of drug-likeness (QED) is 0.771. The number of halogens is 2. The van der Waals surface area contributed by atoms with Crippen LogP contribution < -0.4 is 16.4 Å². The standard InChI is InChI=1S/C14H21Cl2N3O/c1-9(2)7-14(3,8-17)19-13(20)18-12-6-10(15)4-5-11(12)16/h4-6,9H,7-8,17H2,1-3H3,(H2,18,19,20). The van der Waals surface area contributed by atoms with E-state index in [0.717, 1.165) is 6.42 Å². The molecule has 0 aromatic heterocycles. The smallest absolute Gasteiger partial charge is 0.319 e. The highest BCUT2D eigenvalue weighted by Gasteiger charge is 2.26. The highest BCUT2D eigenvalue weighted by molar-refractivity contribution is 6.35. The molecule has 1 atom stereocenters. The Morgan fingerprint density at radius 2 is 2.05 bits per heavy atom. The lowest BCUT2D eigenvalue weighted by Crippen LogP contribution is -2.53. The number of rotatable bonds is 5. The number of benzene rings is 1. The molecule has 0 aliphatic carbocycles. The summed E-state index contributed by atoms with van der Waals surface area (Å²) in [6.07, 6.45) is 0.792. The van der Waals surface area contributed by atoms with Crippen molar-refractivity contribution in [2.45, 2.75) is 32.7 Å². The number of carbonyl (C=O) groups is 1. The fourth-order valence-electron chi connectivity index (χ4n) is 2.11. The normalized spacial score (nSPS) is 13.9. The molecular formula is C14H21Cl2N3O. The van der Waals surface area contributed by atoms with Gasteiger partial charge in [0.2, 0.25) is 0 Å². The zero-order valence-corrected chi connectivity index (χ0v) is 13.5. The molecular weight excluding hydrogens is 297 g/mol. The molecule has 0 saturated carbocycles. The number of nitrogens with two attached hydrogens (primary N) is 1. The topological polar surface area (TPSA) is 67.1 Å². The van der Waals surface area contributed by atoms with Crippen LogP contribution in [0.1, 0.15) is 27.2 Å². The lowest BCUT2D eigenvalue weighted by Gasteiger charge is -2.31. The average molecular weight is 318 g/mol. The number of hydrogen-bond donors (Lipinski definition) is 3. The monoisotopic (exact) mass is 317 g/mol. The van der Waals surface area contributed by atoms with Crippen LogP contribution in [-0.4, -0.2) is 18.1 Å². The third kappa shape index (κ3) is 5.19. The Kier molecular flexibility index (Phi) is 6.11. The Hall–Kier alpha value is -0.970. The minimum absolute atomic E-state index is 0.345. The van der Waals surface area contributed by atoms with Gasteiger partial charge in [0.05, 0.1) is 16.2 Å². The van der Waals surface area contributed by atoms with E-state index in [2.05, 4.69) is 24.5 Å². The fourth-order valence-corrected chi connectivity index (χ4v) is 2.44. The summed E-state index contributed by atoms with van der Waals surface area (Å²) in [6, 6.07) is 4.56. The maximum atomic E-state index is 12.1. The first-order valence-electron chi connectivity index (χ1n) is 6.50. The van der Waals surface area contributed by atoms with Crippen molar-refractivity contribution in [1.82, 2.24) is 5.32 Å². The number of carbonyl (C=O) groups excluding carboxylic acids is 1. The van der Waals surface area contributed by atoms with Crippen molar-refractivity contribution in [3.8, 4) is 0 Å². The van der Waals surface area contributed by atoms with Crippen molar-refractivity contribution >= 4 is 34.9 Å². The fraction of sp³-hybridized carbons (Fsp3) is 0.500. The molecule has 0 heterocycles. The number of hydrogen-bond acceptors (Lipinski definition) is 2. The van der Waals surface area contributed by atoms with Crippen LogP contribution in [0.4, 0.5) is 10.5 Å². The molecule has 1 unspecified atom stereocenters. The van der Waals surface area contributed by atoms with E-state index in [-0.39, 0.29) is 6.03 Å². The summed E-state index contributed by atoms with van der Waals surface area (Å²) in [5, 5.41) is 6.53. The molecule has 0 radical (unpaired) electrons. The van der Waals surface area contributed by atoms with Crippen molar-refractivity contribution in [3.05, 3.63) is 28.2 Å². The van der Waals surface area contributed by atoms with Gasteiger partial charge in [-0.05, 0) is 37.5 Å². The van der Waals surface area contributed by atoms with Crippen molar-refractivity contribution in [2.24, 2.45) is 11.7 Å². The molecule has 4 nitrogen and oxygen atoms in total. The Balaban J connectivity index is 2.73. The summed E-state index contributed by atoms with van der Waals surface area (Å²) in [6.45, 7) is 6.46. The summed E-state index contributed by atoms with van der Waals surface area (Å²) >= 11 is 11.9. The Morgan fingerprint density at radius 3 is 2.60 bits per heavy atom. The Morgan fingerprint density at radius 1 is 1.40 bits per heavy atom. The largest absolute Gasteiger partial charge is 0.331 e. The van der Waals surface area contributed by atoms with Gasteiger partial charge >= 0.3 is 6.03 Å². The van der Waals surface area contributed by atoms with Gasteiger partial charge in [-0.1, -0.05) is 37.0 Å². The highest BCUT2D eigenvalue weighted by atomic mass is 35.5. The molecule has 0 aliphatic heterocycles. The van der Waals surface area contributed by atoms with E-state index < -0.39 is 5.54 Å². The third-order valence-corrected chi connectivity index (χ3v) is 3.47. The Bertz CT molecular complexity index is 479. The minimum Gasteiger partial charge on any atom is -0.331 e. The number of urea groups is 1. The van der Waals surface area contributed by atoms with E-state index in [1.54, 1.807) is 18.2 Å². The van der Waals surface area contributed by atoms with Gasteiger partial charge in [-0.15, -0.1) is 0 Å². The van der Waals surface area contributed by atoms with Crippen molar-refractivity contribution in [1.29, 1.82) is 0 Å². The van der Waals surface area contributed by atoms with Gasteiger partial charge in [-0.25, -0.2) is 4.79 Å². The van der Waals surface area contributed by atoms with Gasteiger partial charge < -0.3 is 16.4 Å². The van der Waals surface area contributed by atoms with Gasteiger partial charge in [0.1, 0.15) is 0 Å². The zero-order valence-electron chi connectivity index (χ0n) is 12.0. The van der Waals surface area contributed by atoms with Crippen LogP contribution in [-0.2, 0) is 0 Å².